The van der Waals surface area contributed by atoms with E-state index < -0.39 is 0 Å². The van der Waals surface area contributed by atoms with Crippen LogP contribution in [0.1, 0.15) is 0 Å². The maximum absolute atomic E-state index is 8.84. The predicted molar refractivity (Wildman–Crippen MR) is 69.9 cm³/mol. The number of halogens is 3. The average Bonchev–Trinajstić information content (AvgIpc) is 2.73. The summed E-state index contributed by atoms with van der Waals surface area (Å²) in [6.07, 6.45) is 4.73. The zero-order chi connectivity index (χ0) is 12.4. The van der Waals surface area contributed by atoms with Gasteiger partial charge in [0.1, 0.15) is 0 Å². The summed E-state index contributed by atoms with van der Waals surface area (Å²) in [6.45, 7) is 0. The van der Waals surface area contributed by atoms with Crippen LogP contribution in [-0.4, -0.2) is 4.57 Å². The summed E-state index contributed by atoms with van der Waals surface area (Å²) in [5.74, 6) is 0. The lowest BCUT2D eigenvalue weighted by Crippen LogP contribution is -1.87. The van der Waals surface area contributed by atoms with E-state index in [4.69, 9.17) is 40.1 Å². The Morgan fingerprint density at radius 1 is 1.18 bits per heavy atom. The van der Waals surface area contributed by atoms with Crippen molar-refractivity contribution in [3.8, 4) is 6.19 Å². The summed E-state index contributed by atoms with van der Waals surface area (Å²) in [5.41, 5.74) is 0. The van der Waals surface area contributed by atoms with E-state index in [0.717, 1.165) is 4.90 Å². The predicted octanol–water partition coefficient (Wildman–Crippen LogP) is 4.73. The number of aromatic nitrogens is 1. The van der Waals surface area contributed by atoms with Crippen molar-refractivity contribution < 1.29 is 0 Å². The largest absolute Gasteiger partial charge is 0.239 e. The molecule has 85 valence electrons. The normalized spacial score (nSPS) is 10.2. The van der Waals surface area contributed by atoms with E-state index >= 15 is 0 Å². The SMILES string of the molecule is N#Cn1[c]ccc1Sc1cc(Cl)c(Cl)cc1Cl. The van der Waals surface area contributed by atoms with Gasteiger partial charge in [-0.05, 0) is 24.3 Å². The number of nitriles is 1. The molecule has 0 aliphatic rings. The van der Waals surface area contributed by atoms with Gasteiger partial charge in [-0.1, -0.05) is 46.6 Å². The molecular formula is C11H4Cl3N2S. The molecule has 0 aliphatic carbocycles. The molecule has 17 heavy (non-hydrogen) atoms. The van der Waals surface area contributed by atoms with Gasteiger partial charge in [-0.3, -0.25) is 0 Å². The van der Waals surface area contributed by atoms with Crippen LogP contribution in [0, 0.1) is 17.7 Å². The van der Waals surface area contributed by atoms with E-state index in [1.807, 2.05) is 6.19 Å². The van der Waals surface area contributed by atoms with Crippen LogP contribution in [0.4, 0.5) is 0 Å². The van der Waals surface area contributed by atoms with Crippen LogP contribution >= 0.6 is 46.6 Å². The van der Waals surface area contributed by atoms with Gasteiger partial charge in [-0.15, -0.1) is 0 Å². The Bertz CT molecular complexity index is 601. The maximum Gasteiger partial charge on any atom is 0.189 e. The Morgan fingerprint density at radius 3 is 2.59 bits per heavy atom. The molecule has 0 spiro atoms. The van der Waals surface area contributed by atoms with Gasteiger partial charge in [0.2, 0.25) is 0 Å². The fourth-order valence-corrected chi connectivity index (χ4v) is 2.78. The van der Waals surface area contributed by atoms with Gasteiger partial charge in [-0.2, -0.15) is 5.26 Å². The van der Waals surface area contributed by atoms with Crippen molar-refractivity contribution in [2.75, 3.05) is 0 Å². The quantitative estimate of drug-likeness (QED) is 0.750. The number of nitrogens with zero attached hydrogens (tertiary/aromatic N) is 2. The highest BCUT2D eigenvalue weighted by Gasteiger charge is 2.10. The van der Waals surface area contributed by atoms with Gasteiger partial charge in [0, 0.05) is 4.90 Å². The number of hydrogen-bond donors (Lipinski definition) is 0. The molecule has 0 amide bonds. The molecule has 2 nitrogen and oxygen atoms in total. The molecule has 2 rings (SSSR count). The molecule has 0 aliphatic heterocycles. The standard InChI is InChI=1S/C11H4Cl3N2S/c12-7-4-9(14)10(5-8(7)13)17-11-2-1-3-16(11)6-15/h1-2,4-5H. The minimum atomic E-state index is 0.406. The molecule has 0 unspecified atom stereocenters. The van der Waals surface area contributed by atoms with E-state index in [1.165, 1.54) is 16.3 Å². The van der Waals surface area contributed by atoms with Crippen molar-refractivity contribution in [2.45, 2.75) is 9.92 Å². The summed E-state index contributed by atoms with van der Waals surface area (Å²) in [4.78, 5) is 0.740. The highest BCUT2D eigenvalue weighted by Crippen LogP contribution is 2.38. The monoisotopic (exact) mass is 301 g/mol. The second-order valence-electron chi connectivity index (χ2n) is 3.03. The molecule has 1 radical (unpaired) electrons. The van der Waals surface area contributed by atoms with E-state index in [9.17, 15) is 0 Å². The van der Waals surface area contributed by atoms with E-state index in [1.54, 1.807) is 24.3 Å². The fourth-order valence-electron chi connectivity index (χ4n) is 1.17. The summed E-state index contributed by atoms with van der Waals surface area (Å²) < 4.78 is 1.32. The van der Waals surface area contributed by atoms with Crippen molar-refractivity contribution in [3.05, 3.63) is 45.5 Å². The Morgan fingerprint density at radius 2 is 1.88 bits per heavy atom. The van der Waals surface area contributed by atoms with Crippen molar-refractivity contribution >= 4 is 46.6 Å². The number of benzene rings is 1. The van der Waals surface area contributed by atoms with Crippen LogP contribution in [0.3, 0.4) is 0 Å². The zero-order valence-electron chi connectivity index (χ0n) is 8.25. The average molecular weight is 303 g/mol. The van der Waals surface area contributed by atoms with Gasteiger partial charge >= 0.3 is 0 Å². The number of rotatable bonds is 2. The molecule has 0 saturated carbocycles. The first kappa shape index (κ1) is 12.7. The minimum Gasteiger partial charge on any atom is -0.239 e. The van der Waals surface area contributed by atoms with Crippen molar-refractivity contribution in [2.24, 2.45) is 0 Å². The summed E-state index contributed by atoms with van der Waals surface area (Å²) in [7, 11) is 0. The Hall–Kier alpha value is -0.790. The van der Waals surface area contributed by atoms with Crippen molar-refractivity contribution in [3.63, 3.8) is 0 Å². The Kier molecular flexibility index (Phi) is 3.90. The second-order valence-corrected chi connectivity index (χ2v) is 5.32. The highest BCUT2D eigenvalue weighted by atomic mass is 35.5. The first-order chi connectivity index (χ1) is 8.11. The Balaban J connectivity index is 2.37. The summed E-state index contributed by atoms with van der Waals surface area (Å²) >= 11 is 19.1. The summed E-state index contributed by atoms with van der Waals surface area (Å²) in [6, 6.07) is 6.69. The second kappa shape index (κ2) is 5.24. The maximum atomic E-state index is 8.84. The molecule has 0 saturated heterocycles. The van der Waals surface area contributed by atoms with Crippen LogP contribution in [0.2, 0.25) is 15.1 Å². The molecule has 0 fully saturated rings. The zero-order valence-corrected chi connectivity index (χ0v) is 11.3. The molecule has 1 aromatic carbocycles. The van der Waals surface area contributed by atoms with Crippen molar-refractivity contribution in [1.82, 2.24) is 4.57 Å². The fraction of sp³-hybridized carbons (Fsp3) is 0. The lowest BCUT2D eigenvalue weighted by Gasteiger charge is -2.05. The van der Waals surface area contributed by atoms with Gasteiger partial charge < -0.3 is 0 Å². The topological polar surface area (TPSA) is 28.7 Å². The third-order valence-corrected chi connectivity index (χ3v) is 4.17. The third-order valence-electron chi connectivity index (χ3n) is 1.94. The lowest BCUT2D eigenvalue weighted by atomic mass is 10.4. The Labute approximate surface area is 118 Å². The van der Waals surface area contributed by atoms with Gasteiger partial charge in [0.25, 0.3) is 0 Å². The van der Waals surface area contributed by atoms with Crippen molar-refractivity contribution in [1.29, 1.82) is 5.26 Å². The number of hydrogen-bond acceptors (Lipinski definition) is 2. The van der Waals surface area contributed by atoms with E-state index in [0.29, 0.717) is 20.1 Å². The van der Waals surface area contributed by atoms with Crippen LogP contribution in [-0.2, 0) is 0 Å². The smallest absolute Gasteiger partial charge is 0.189 e. The first-order valence-electron chi connectivity index (χ1n) is 4.44. The third kappa shape index (κ3) is 2.72. The molecular weight excluding hydrogens is 299 g/mol. The van der Waals surface area contributed by atoms with E-state index in [2.05, 4.69) is 6.20 Å². The van der Waals surface area contributed by atoms with Crippen LogP contribution < -0.4 is 0 Å². The van der Waals surface area contributed by atoms with Crippen LogP contribution in [0.15, 0.2) is 34.2 Å². The van der Waals surface area contributed by atoms with Gasteiger partial charge in [-0.25, -0.2) is 4.57 Å². The van der Waals surface area contributed by atoms with Gasteiger partial charge in [0.05, 0.1) is 26.3 Å². The lowest BCUT2D eigenvalue weighted by molar-refractivity contribution is 0.967. The molecule has 1 aromatic heterocycles. The molecule has 0 bridgehead atoms. The molecule has 0 atom stereocenters. The molecule has 1 heterocycles. The molecule has 2 aromatic rings. The molecule has 0 N–H and O–H groups in total. The van der Waals surface area contributed by atoms with Gasteiger partial charge in [0.15, 0.2) is 6.19 Å². The van der Waals surface area contributed by atoms with Crippen LogP contribution in [0.5, 0.6) is 0 Å². The minimum absolute atomic E-state index is 0.406. The first-order valence-corrected chi connectivity index (χ1v) is 6.39. The summed E-state index contributed by atoms with van der Waals surface area (Å²) in [5, 5.41) is 10.9. The van der Waals surface area contributed by atoms with E-state index in [-0.39, 0.29) is 0 Å². The highest BCUT2D eigenvalue weighted by molar-refractivity contribution is 7.99. The molecule has 6 heteroatoms. The van der Waals surface area contributed by atoms with Crippen LogP contribution in [0.25, 0.3) is 0 Å².